The van der Waals surface area contributed by atoms with Gasteiger partial charge < -0.3 is 19.1 Å². The second-order valence-electron chi connectivity index (χ2n) is 7.72. The maximum Gasteiger partial charge on any atom is 0.332 e. The number of aliphatic hydroxyl groups is 1. The zero-order chi connectivity index (χ0) is 24.9. The van der Waals surface area contributed by atoms with Crippen LogP contribution < -0.4 is 26.1 Å². The number of aromatic nitrogens is 5. The fourth-order valence-corrected chi connectivity index (χ4v) is 3.45. The lowest BCUT2D eigenvalue weighted by molar-refractivity contribution is 0.0938. The molecule has 0 spiro atoms. The number of fused-ring (bicyclic) bond motifs is 1. The van der Waals surface area contributed by atoms with Crippen molar-refractivity contribution in [1.29, 1.82) is 0 Å². The molecule has 3 heterocycles. The van der Waals surface area contributed by atoms with Crippen molar-refractivity contribution in [2.24, 2.45) is 19.2 Å². The van der Waals surface area contributed by atoms with Crippen LogP contribution in [0.2, 0.25) is 0 Å². The Morgan fingerprint density at radius 1 is 1.14 bits per heavy atom. The molecule has 12 heteroatoms. The summed E-state index contributed by atoms with van der Waals surface area (Å²) in [7, 11) is 4.48. The number of rotatable bonds is 9. The lowest BCUT2D eigenvalue weighted by atomic mass is 10.3. The third-order valence-corrected chi connectivity index (χ3v) is 5.31. The van der Waals surface area contributed by atoms with Crippen LogP contribution in [0.15, 0.2) is 63.5 Å². The van der Waals surface area contributed by atoms with Gasteiger partial charge in [0.15, 0.2) is 11.2 Å². The molecule has 4 aromatic rings. The van der Waals surface area contributed by atoms with Crippen LogP contribution in [0.3, 0.4) is 0 Å². The van der Waals surface area contributed by atoms with Crippen LogP contribution in [0.1, 0.15) is 5.56 Å². The first kappa shape index (κ1) is 23.7. The van der Waals surface area contributed by atoms with Crippen LogP contribution in [-0.2, 0) is 20.6 Å². The number of pyridine rings is 1. The molecular weight excluding hydrogens is 454 g/mol. The van der Waals surface area contributed by atoms with E-state index in [9.17, 15) is 14.7 Å². The highest BCUT2D eigenvalue weighted by atomic mass is 16.5. The molecule has 0 fully saturated rings. The van der Waals surface area contributed by atoms with E-state index >= 15 is 0 Å². The molecule has 35 heavy (non-hydrogen) atoms. The minimum absolute atomic E-state index is 0.0369. The number of aliphatic hydroxyl groups excluding tert-OH is 1. The van der Waals surface area contributed by atoms with Crippen molar-refractivity contribution >= 4 is 23.3 Å². The highest BCUT2D eigenvalue weighted by molar-refractivity contribution is 5.80. The molecule has 1 atom stereocenters. The number of imidazole rings is 1. The fraction of sp³-hybridized carbons (Fsp3) is 0.261. The summed E-state index contributed by atoms with van der Waals surface area (Å²) in [6.45, 7) is -0.0820. The van der Waals surface area contributed by atoms with Crippen LogP contribution in [0.4, 0.5) is 5.95 Å². The third kappa shape index (κ3) is 5.06. The van der Waals surface area contributed by atoms with Gasteiger partial charge in [-0.15, -0.1) is 0 Å². The molecule has 12 nitrogen and oxygen atoms in total. The van der Waals surface area contributed by atoms with Gasteiger partial charge in [0.25, 0.3) is 5.56 Å². The monoisotopic (exact) mass is 479 g/mol. The van der Waals surface area contributed by atoms with E-state index in [0.29, 0.717) is 11.5 Å². The fourth-order valence-electron chi connectivity index (χ4n) is 3.45. The molecule has 0 radical (unpaired) electrons. The molecule has 0 saturated carbocycles. The first-order valence-corrected chi connectivity index (χ1v) is 10.7. The van der Waals surface area contributed by atoms with Crippen molar-refractivity contribution < 1.29 is 14.6 Å². The number of benzene rings is 1. The quantitative estimate of drug-likeness (QED) is 0.265. The largest absolute Gasteiger partial charge is 0.497 e. The summed E-state index contributed by atoms with van der Waals surface area (Å²) in [5.74, 6) is 1.42. The Balaban J connectivity index is 1.62. The molecule has 0 unspecified atom stereocenters. The Bertz CT molecular complexity index is 1460. The highest BCUT2D eigenvalue weighted by Gasteiger charge is 2.21. The molecule has 0 bridgehead atoms. The highest BCUT2D eigenvalue weighted by Crippen LogP contribution is 2.19. The molecular formula is C23H25N7O5. The third-order valence-electron chi connectivity index (χ3n) is 5.31. The number of aryl methyl sites for hydroxylation is 1. The average Bonchev–Trinajstić information content (AvgIpc) is 3.24. The lowest BCUT2D eigenvalue weighted by Crippen LogP contribution is -2.38. The van der Waals surface area contributed by atoms with E-state index in [1.54, 1.807) is 49.8 Å². The maximum atomic E-state index is 12.9. The van der Waals surface area contributed by atoms with E-state index in [-0.39, 0.29) is 30.3 Å². The zero-order valence-corrected chi connectivity index (χ0v) is 19.5. The van der Waals surface area contributed by atoms with Crippen LogP contribution in [0.25, 0.3) is 11.2 Å². The molecule has 1 aromatic carbocycles. The Labute approximate surface area is 199 Å². The number of methoxy groups -OCH3 is 1. The first-order valence-electron chi connectivity index (χ1n) is 10.7. The number of hydrogen-bond acceptors (Lipinski definition) is 9. The summed E-state index contributed by atoms with van der Waals surface area (Å²) in [6, 6.07) is 10.5. The Morgan fingerprint density at radius 2 is 1.89 bits per heavy atom. The average molecular weight is 479 g/mol. The predicted octanol–water partition coefficient (Wildman–Crippen LogP) is 0.723. The van der Waals surface area contributed by atoms with E-state index in [1.165, 1.54) is 29.4 Å². The number of nitrogens with zero attached hydrogens (tertiary/aromatic N) is 6. The first-order chi connectivity index (χ1) is 16.9. The van der Waals surface area contributed by atoms with Gasteiger partial charge in [0.1, 0.15) is 24.2 Å². The van der Waals surface area contributed by atoms with E-state index in [0.717, 1.165) is 10.1 Å². The van der Waals surface area contributed by atoms with E-state index < -0.39 is 17.4 Å². The van der Waals surface area contributed by atoms with Crippen molar-refractivity contribution in [2.75, 3.05) is 19.1 Å². The lowest BCUT2D eigenvalue weighted by Gasteiger charge is -2.15. The summed E-state index contributed by atoms with van der Waals surface area (Å²) in [5, 5.41) is 14.9. The number of anilines is 1. The maximum absolute atomic E-state index is 12.9. The SMILES string of the molecule is COc1ccc(OC[C@H](O)Cn2c(N/N=C/c3cccnc3)nc3c2c(=O)n(C)c(=O)n3C)cc1. The summed E-state index contributed by atoms with van der Waals surface area (Å²) < 4.78 is 14.5. The van der Waals surface area contributed by atoms with Crippen molar-refractivity contribution in [3.05, 3.63) is 75.2 Å². The van der Waals surface area contributed by atoms with Gasteiger partial charge in [0.2, 0.25) is 5.95 Å². The Kier molecular flexibility index (Phi) is 6.92. The van der Waals surface area contributed by atoms with Crippen LogP contribution in [0.5, 0.6) is 11.5 Å². The van der Waals surface area contributed by atoms with Crippen LogP contribution in [0, 0.1) is 0 Å². The minimum Gasteiger partial charge on any atom is -0.497 e. The molecule has 0 amide bonds. The summed E-state index contributed by atoms with van der Waals surface area (Å²) >= 11 is 0. The smallest absolute Gasteiger partial charge is 0.332 e. The standard InChI is InChI=1S/C23H25N7O5/c1-28-20-19(21(32)29(2)23(28)33)30(22(26-20)27-25-12-15-5-4-10-24-11-15)13-16(31)14-35-18-8-6-17(34-3)7-9-18/h4-12,16,31H,13-14H2,1-3H3,(H,26,27)/b25-12+/t16-/m1/s1. The van der Waals surface area contributed by atoms with Crippen LogP contribution in [-0.4, -0.2) is 54.8 Å². The van der Waals surface area contributed by atoms with Crippen LogP contribution >= 0.6 is 0 Å². The molecule has 4 rings (SSSR count). The Hall–Kier alpha value is -4.45. The molecule has 0 aliphatic rings. The minimum atomic E-state index is -1.00. The van der Waals surface area contributed by atoms with Gasteiger partial charge in [-0.1, -0.05) is 6.07 Å². The van der Waals surface area contributed by atoms with Crippen molar-refractivity contribution in [2.45, 2.75) is 12.6 Å². The molecule has 2 N–H and O–H groups in total. The zero-order valence-electron chi connectivity index (χ0n) is 19.5. The number of hydrazone groups is 1. The van der Waals surface area contributed by atoms with Gasteiger partial charge in [0, 0.05) is 32.1 Å². The van der Waals surface area contributed by atoms with Gasteiger partial charge in [-0.25, -0.2) is 10.2 Å². The van der Waals surface area contributed by atoms with Gasteiger partial charge in [-0.2, -0.15) is 10.1 Å². The van der Waals surface area contributed by atoms with Crippen molar-refractivity contribution in [1.82, 2.24) is 23.7 Å². The number of hydrogen-bond donors (Lipinski definition) is 2. The van der Waals surface area contributed by atoms with Gasteiger partial charge in [-0.3, -0.25) is 18.9 Å². The van der Waals surface area contributed by atoms with Crippen molar-refractivity contribution in [3.63, 3.8) is 0 Å². The normalized spacial score (nSPS) is 12.2. The summed E-state index contributed by atoms with van der Waals surface area (Å²) in [6.07, 6.45) is 3.82. The Morgan fingerprint density at radius 3 is 2.57 bits per heavy atom. The van der Waals surface area contributed by atoms with Crippen molar-refractivity contribution in [3.8, 4) is 11.5 Å². The number of ether oxygens (including phenoxy) is 2. The van der Waals surface area contributed by atoms with Gasteiger partial charge in [0.05, 0.1) is 19.9 Å². The molecule has 0 saturated heterocycles. The summed E-state index contributed by atoms with van der Waals surface area (Å²) in [4.78, 5) is 33.8. The van der Waals surface area contributed by atoms with E-state index in [1.807, 2.05) is 6.07 Å². The molecule has 182 valence electrons. The molecule has 3 aromatic heterocycles. The second kappa shape index (κ2) is 10.2. The van der Waals surface area contributed by atoms with E-state index in [2.05, 4.69) is 20.5 Å². The second-order valence-corrected chi connectivity index (χ2v) is 7.72. The number of nitrogens with one attached hydrogen (secondary N) is 1. The molecule has 0 aliphatic carbocycles. The van der Waals surface area contributed by atoms with Gasteiger partial charge >= 0.3 is 5.69 Å². The summed E-state index contributed by atoms with van der Waals surface area (Å²) in [5.41, 5.74) is 2.82. The molecule has 0 aliphatic heterocycles. The van der Waals surface area contributed by atoms with Gasteiger partial charge in [-0.05, 0) is 30.3 Å². The topological polar surface area (TPSA) is 138 Å². The predicted molar refractivity (Wildman–Crippen MR) is 130 cm³/mol. The van der Waals surface area contributed by atoms with E-state index in [4.69, 9.17) is 9.47 Å².